The first kappa shape index (κ1) is 10.1. The van der Waals surface area contributed by atoms with E-state index in [9.17, 15) is 0 Å². The molecule has 0 radical (unpaired) electrons. The van der Waals surface area contributed by atoms with Crippen LogP contribution in [0.2, 0.25) is 5.02 Å². The maximum Gasteiger partial charge on any atom is 0.238 e. The number of aliphatic imine (C=N–C) groups is 1. The third-order valence-electron chi connectivity index (χ3n) is 2.15. The molecule has 78 valence electrons. The first-order valence-electron chi connectivity index (χ1n) is 4.72. The van der Waals surface area contributed by atoms with Crippen molar-refractivity contribution in [1.29, 1.82) is 0 Å². The van der Waals surface area contributed by atoms with Gasteiger partial charge in [0.1, 0.15) is 0 Å². The minimum atomic E-state index is 0.592. The van der Waals surface area contributed by atoms with Crippen LogP contribution in [0.5, 0.6) is 0 Å². The molecule has 0 aromatic heterocycles. The predicted octanol–water partition coefficient (Wildman–Crippen LogP) is 2.69. The molecule has 0 unspecified atom stereocenters. The largest absolute Gasteiger partial charge is 0.351 e. The maximum absolute atomic E-state index is 5.96. The normalized spacial score (nSPS) is 15.5. The van der Waals surface area contributed by atoms with Crippen LogP contribution in [0.3, 0.4) is 0 Å². The summed E-state index contributed by atoms with van der Waals surface area (Å²) in [5.41, 5.74) is 1.71. The summed E-state index contributed by atoms with van der Waals surface area (Å²) in [5, 5.41) is 11.8. The fourth-order valence-corrected chi connectivity index (χ4v) is 1.43. The number of guanidine groups is 1. The lowest BCUT2D eigenvalue weighted by molar-refractivity contribution is 0.953. The van der Waals surface area contributed by atoms with E-state index < -0.39 is 0 Å². The molecule has 0 fully saturated rings. The van der Waals surface area contributed by atoms with Gasteiger partial charge >= 0.3 is 0 Å². The minimum Gasteiger partial charge on any atom is -0.351 e. The topological polar surface area (TPSA) is 49.1 Å². The quantitative estimate of drug-likeness (QED) is 0.730. The van der Waals surface area contributed by atoms with E-state index in [0.717, 1.165) is 24.3 Å². The van der Waals surface area contributed by atoms with E-state index in [2.05, 4.69) is 20.5 Å². The summed E-state index contributed by atoms with van der Waals surface area (Å²) in [6, 6.07) is 5.56. The lowest BCUT2D eigenvalue weighted by atomic mass is 10.2. The van der Waals surface area contributed by atoms with Crippen LogP contribution in [0.15, 0.2) is 33.4 Å². The first-order valence-corrected chi connectivity index (χ1v) is 5.10. The van der Waals surface area contributed by atoms with Crippen LogP contribution in [0, 0.1) is 6.92 Å². The molecule has 15 heavy (non-hydrogen) atoms. The number of halogens is 1. The van der Waals surface area contributed by atoms with Crippen molar-refractivity contribution in [1.82, 2.24) is 5.32 Å². The highest BCUT2D eigenvalue weighted by Crippen LogP contribution is 2.25. The van der Waals surface area contributed by atoms with E-state index in [1.807, 2.05) is 25.1 Å². The van der Waals surface area contributed by atoms with Gasteiger partial charge in [0, 0.05) is 11.6 Å². The van der Waals surface area contributed by atoms with Gasteiger partial charge in [-0.15, -0.1) is 10.2 Å². The van der Waals surface area contributed by atoms with Crippen molar-refractivity contribution in [2.45, 2.75) is 6.92 Å². The fourth-order valence-electron chi connectivity index (χ4n) is 1.26. The molecule has 1 aromatic rings. The molecular formula is C10H11ClN4. The van der Waals surface area contributed by atoms with Crippen LogP contribution in [0.4, 0.5) is 5.69 Å². The summed E-state index contributed by atoms with van der Waals surface area (Å²) >= 11 is 5.96. The van der Waals surface area contributed by atoms with E-state index in [0.29, 0.717) is 11.0 Å². The summed E-state index contributed by atoms with van der Waals surface area (Å²) in [4.78, 5) is 4.11. The molecule has 0 saturated heterocycles. The van der Waals surface area contributed by atoms with Crippen molar-refractivity contribution < 1.29 is 0 Å². The van der Waals surface area contributed by atoms with Gasteiger partial charge in [0.15, 0.2) is 0 Å². The molecule has 0 aliphatic carbocycles. The molecule has 1 aliphatic heterocycles. The van der Waals surface area contributed by atoms with Gasteiger partial charge in [-0.2, -0.15) is 0 Å². The molecule has 5 heteroatoms. The van der Waals surface area contributed by atoms with E-state index in [1.165, 1.54) is 0 Å². The second-order valence-electron chi connectivity index (χ2n) is 3.22. The summed E-state index contributed by atoms with van der Waals surface area (Å²) < 4.78 is 0. The number of nitrogens with zero attached hydrogens (tertiary/aromatic N) is 3. The smallest absolute Gasteiger partial charge is 0.238 e. The zero-order valence-electron chi connectivity index (χ0n) is 8.37. The van der Waals surface area contributed by atoms with Crippen molar-refractivity contribution in [3.63, 3.8) is 0 Å². The molecule has 1 aromatic carbocycles. The second kappa shape index (κ2) is 4.40. The molecular weight excluding hydrogens is 212 g/mol. The average Bonchev–Trinajstić information content (AvgIpc) is 2.73. The van der Waals surface area contributed by atoms with Gasteiger partial charge in [0.05, 0.1) is 12.2 Å². The molecule has 0 bridgehead atoms. The maximum atomic E-state index is 5.96. The Labute approximate surface area is 93.1 Å². The summed E-state index contributed by atoms with van der Waals surface area (Å²) in [7, 11) is 0. The van der Waals surface area contributed by atoms with Crippen LogP contribution in [0.1, 0.15) is 5.56 Å². The molecule has 4 nitrogen and oxygen atoms in total. The zero-order valence-corrected chi connectivity index (χ0v) is 9.12. The Morgan fingerprint density at radius 1 is 1.40 bits per heavy atom. The highest BCUT2D eigenvalue weighted by molar-refractivity contribution is 6.31. The van der Waals surface area contributed by atoms with Gasteiger partial charge in [0.2, 0.25) is 5.96 Å². The Morgan fingerprint density at radius 3 is 3.00 bits per heavy atom. The Kier molecular flexibility index (Phi) is 2.97. The van der Waals surface area contributed by atoms with Crippen LogP contribution < -0.4 is 5.32 Å². The lowest BCUT2D eigenvalue weighted by Crippen LogP contribution is -2.15. The second-order valence-corrected chi connectivity index (χ2v) is 3.62. The molecule has 1 heterocycles. The highest BCUT2D eigenvalue weighted by atomic mass is 35.5. The van der Waals surface area contributed by atoms with Gasteiger partial charge in [-0.25, -0.2) is 4.99 Å². The SMILES string of the molecule is Cc1c(Cl)cccc1N=NC1=NCCN1. The van der Waals surface area contributed by atoms with E-state index in [1.54, 1.807) is 0 Å². The molecule has 0 spiro atoms. The van der Waals surface area contributed by atoms with Gasteiger partial charge in [-0.3, -0.25) is 0 Å². The summed E-state index contributed by atoms with van der Waals surface area (Å²) in [6.45, 7) is 3.52. The van der Waals surface area contributed by atoms with Crippen molar-refractivity contribution in [2.75, 3.05) is 13.1 Å². The number of hydrogen-bond donors (Lipinski definition) is 1. The van der Waals surface area contributed by atoms with E-state index >= 15 is 0 Å². The third kappa shape index (κ3) is 2.33. The Hall–Kier alpha value is -1.42. The first-order chi connectivity index (χ1) is 7.27. The van der Waals surface area contributed by atoms with Crippen LogP contribution in [-0.4, -0.2) is 19.0 Å². The number of nitrogens with one attached hydrogen (secondary N) is 1. The Morgan fingerprint density at radius 2 is 2.27 bits per heavy atom. The fraction of sp³-hybridized carbons (Fsp3) is 0.300. The van der Waals surface area contributed by atoms with E-state index in [4.69, 9.17) is 11.6 Å². The molecule has 2 rings (SSSR count). The highest BCUT2D eigenvalue weighted by Gasteiger charge is 2.04. The number of rotatable bonds is 1. The van der Waals surface area contributed by atoms with Crippen molar-refractivity contribution in [3.05, 3.63) is 28.8 Å². The Bertz CT molecular complexity index is 425. The summed E-state index contributed by atoms with van der Waals surface area (Å²) in [5.74, 6) is 0.592. The Balaban J connectivity index is 2.20. The molecule has 0 amide bonds. The predicted molar refractivity (Wildman–Crippen MR) is 61.0 cm³/mol. The molecule has 0 atom stereocenters. The van der Waals surface area contributed by atoms with Crippen molar-refractivity contribution in [3.8, 4) is 0 Å². The van der Waals surface area contributed by atoms with Gasteiger partial charge in [-0.05, 0) is 24.6 Å². The number of benzene rings is 1. The monoisotopic (exact) mass is 222 g/mol. The summed E-state index contributed by atoms with van der Waals surface area (Å²) in [6.07, 6.45) is 0. The molecule has 1 N–H and O–H groups in total. The van der Waals surface area contributed by atoms with Crippen LogP contribution in [0.25, 0.3) is 0 Å². The average molecular weight is 223 g/mol. The van der Waals surface area contributed by atoms with E-state index in [-0.39, 0.29) is 0 Å². The number of hydrogen-bond acceptors (Lipinski definition) is 4. The zero-order chi connectivity index (χ0) is 10.7. The van der Waals surface area contributed by atoms with Crippen LogP contribution >= 0.6 is 11.6 Å². The van der Waals surface area contributed by atoms with Gasteiger partial charge in [0.25, 0.3) is 0 Å². The number of azo groups is 1. The van der Waals surface area contributed by atoms with Crippen LogP contribution in [-0.2, 0) is 0 Å². The standard InChI is InChI=1S/C10H11ClN4/c1-7-8(11)3-2-4-9(7)14-15-10-12-5-6-13-10/h2-4H,5-6H2,1H3,(H,12,13). The lowest BCUT2D eigenvalue weighted by Gasteiger charge is -2.00. The third-order valence-corrected chi connectivity index (χ3v) is 2.56. The molecule has 0 saturated carbocycles. The van der Waals surface area contributed by atoms with Gasteiger partial charge in [-0.1, -0.05) is 17.7 Å². The minimum absolute atomic E-state index is 0.592. The van der Waals surface area contributed by atoms with Gasteiger partial charge < -0.3 is 5.32 Å². The van der Waals surface area contributed by atoms with Crippen molar-refractivity contribution in [2.24, 2.45) is 15.2 Å². The van der Waals surface area contributed by atoms with Crippen molar-refractivity contribution >= 4 is 23.2 Å². The molecule has 1 aliphatic rings.